The van der Waals surface area contributed by atoms with Gasteiger partial charge >= 0.3 is 17.9 Å². The van der Waals surface area contributed by atoms with Crippen LogP contribution in [-0.4, -0.2) is 37.2 Å². The van der Waals surface area contributed by atoms with Crippen molar-refractivity contribution >= 4 is 17.9 Å². The van der Waals surface area contributed by atoms with Gasteiger partial charge in [0, 0.05) is 19.3 Å². The average Bonchev–Trinajstić information content (AvgIpc) is 3.46. The Labute approximate surface area is 494 Å². The fourth-order valence-corrected chi connectivity index (χ4v) is 8.94. The highest BCUT2D eigenvalue weighted by Gasteiger charge is 2.19. The van der Waals surface area contributed by atoms with E-state index in [9.17, 15) is 14.4 Å². The van der Waals surface area contributed by atoms with Gasteiger partial charge in [-0.2, -0.15) is 0 Å². The van der Waals surface area contributed by atoms with E-state index in [0.717, 1.165) is 135 Å². The van der Waals surface area contributed by atoms with Gasteiger partial charge in [-0.05, 0) is 122 Å². The molecule has 0 aliphatic heterocycles. The molecule has 0 heterocycles. The van der Waals surface area contributed by atoms with Crippen LogP contribution in [0.5, 0.6) is 0 Å². The minimum atomic E-state index is -0.788. The van der Waals surface area contributed by atoms with Gasteiger partial charge in [-0.25, -0.2) is 0 Å². The molecule has 80 heavy (non-hydrogen) atoms. The Morgan fingerprint density at radius 1 is 0.263 bits per heavy atom. The molecule has 0 bridgehead atoms. The first-order valence-corrected chi connectivity index (χ1v) is 33.2. The molecule has 0 rings (SSSR count). The van der Waals surface area contributed by atoms with E-state index in [4.69, 9.17) is 14.2 Å². The van der Waals surface area contributed by atoms with Crippen LogP contribution in [0.3, 0.4) is 0 Å². The van der Waals surface area contributed by atoms with Gasteiger partial charge in [0.05, 0.1) is 0 Å². The highest BCUT2D eigenvalue weighted by atomic mass is 16.6. The summed E-state index contributed by atoms with van der Waals surface area (Å²) in [6.07, 6.45) is 94.7. The third-order valence-corrected chi connectivity index (χ3v) is 13.9. The van der Waals surface area contributed by atoms with Gasteiger partial charge in [0.15, 0.2) is 6.10 Å². The molecule has 0 fully saturated rings. The van der Waals surface area contributed by atoms with Gasteiger partial charge in [0.25, 0.3) is 0 Å². The summed E-state index contributed by atoms with van der Waals surface area (Å²) in [6, 6.07) is 0. The second-order valence-corrected chi connectivity index (χ2v) is 21.6. The molecule has 454 valence electrons. The second-order valence-electron chi connectivity index (χ2n) is 21.6. The molecule has 0 N–H and O–H groups in total. The summed E-state index contributed by atoms with van der Waals surface area (Å²) in [4.78, 5) is 38.2. The molecule has 0 amide bonds. The van der Waals surface area contributed by atoms with Crippen molar-refractivity contribution in [2.45, 2.75) is 303 Å². The molecule has 6 heteroatoms. The van der Waals surface area contributed by atoms with Crippen molar-refractivity contribution in [1.29, 1.82) is 0 Å². The highest BCUT2D eigenvalue weighted by Crippen LogP contribution is 2.15. The first-order valence-electron chi connectivity index (χ1n) is 33.2. The fraction of sp³-hybridized carbons (Fsp3) is 0.662. The molecule has 0 radical (unpaired) electrons. The smallest absolute Gasteiger partial charge is 0.306 e. The molecule has 0 spiro atoms. The van der Waals surface area contributed by atoms with Crippen LogP contribution in [-0.2, 0) is 28.6 Å². The quantitative estimate of drug-likeness (QED) is 0.0261. The Kier molecular flexibility index (Phi) is 63.3. The Hall–Kier alpha value is -4.45. The van der Waals surface area contributed by atoms with Crippen LogP contribution in [0.25, 0.3) is 0 Å². The van der Waals surface area contributed by atoms with Crippen LogP contribution in [0, 0.1) is 0 Å². The first-order chi connectivity index (χ1) is 39.5. The SMILES string of the molecule is CC/C=C\C/C=C\C/C=C\C/C=C\C/C=C\C/C=C\C/C=C\C/C=C\C/C=C\CCCCCCCCCC(=O)OCC(COC(=O)CCCCCCCCCCC)OC(=O)CCCCCCCCC/C=C\C/C=C\CCCCCC. The minimum absolute atomic E-state index is 0.0851. The number of ether oxygens (including phenoxy) is 3. The van der Waals surface area contributed by atoms with E-state index in [2.05, 4.69) is 154 Å². The molecule has 1 unspecified atom stereocenters. The topological polar surface area (TPSA) is 78.9 Å². The maximum atomic E-state index is 12.9. The molecular weight excluding hydrogens is 985 g/mol. The Morgan fingerprint density at radius 3 is 0.775 bits per heavy atom. The minimum Gasteiger partial charge on any atom is -0.462 e. The second kappa shape index (κ2) is 67.1. The summed E-state index contributed by atoms with van der Waals surface area (Å²) in [5.74, 6) is -0.904. The first kappa shape index (κ1) is 75.5. The van der Waals surface area contributed by atoms with Crippen LogP contribution in [0.2, 0.25) is 0 Å². The van der Waals surface area contributed by atoms with E-state index in [1.54, 1.807) is 0 Å². The van der Waals surface area contributed by atoms with E-state index in [-0.39, 0.29) is 31.1 Å². The number of allylic oxidation sites excluding steroid dienone is 22. The zero-order valence-electron chi connectivity index (χ0n) is 52.0. The van der Waals surface area contributed by atoms with Crippen LogP contribution < -0.4 is 0 Å². The van der Waals surface area contributed by atoms with Gasteiger partial charge in [-0.3, -0.25) is 14.4 Å². The summed E-state index contributed by atoms with van der Waals surface area (Å²) in [7, 11) is 0. The number of carbonyl (C=O) groups excluding carboxylic acids is 3. The molecule has 0 saturated heterocycles. The third-order valence-electron chi connectivity index (χ3n) is 13.9. The lowest BCUT2D eigenvalue weighted by Gasteiger charge is -2.18. The van der Waals surface area contributed by atoms with E-state index in [0.29, 0.717) is 19.3 Å². The van der Waals surface area contributed by atoms with Gasteiger partial charge < -0.3 is 14.2 Å². The van der Waals surface area contributed by atoms with Crippen molar-refractivity contribution in [2.24, 2.45) is 0 Å². The molecule has 0 aromatic rings. The third kappa shape index (κ3) is 64.4. The predicted octanol–water partition coefficient (Wildman–Crippen LogP) is 22.9. The Bertz CT molecular complexity index is 1700. The maximum absolute atomic E-state index is 12.9. The molecule has 0 aliphatic rings. The normalized spacial score (nSPS) is 13.0. The molecule has 6 nitrogen and oxygen atoms in total. The van der Waals surface area contributed by atoms with E-state index < -0.39 is 6.10 Å². The summed E-state index contributed by atoms with van der Waals surface area (Å²) >= 11 is 0. The maximum Gasteiger partial charge on any atom is 0.306 e. The monoisotopic (exact) mass is 1110 g/mol. The summed E-state index contributed by atoms with van der Waals surface area (Å²) in [5, 5.41) is 0. The van der Waals surface area contributed by atoms with Gasteiger partial charge in [0.1, 0.15) is 13.2 Å². The summed E-state index contributed by atoms with van der Waals surface area (Å²) in [5.41, 5.74) is 0. The number of esters is 3. The van der Waals surface area contributed by atoms with Gasteiger partial charge in [-0.15, -0.1) is 0 Å². The molecule has 0 saturated carbocycles. The number of hydrogen-bond donors (Lipinski definition) is 0. The zero-order valence-corrected chi connectivity index (χ0v) is 52.0. The van der Waals surface area contributed by atoms with E-state index in [1.165, 1.54) is 122 Å². The summed E-state index contributed by atoms with van der Waals surface area (Å²) in [6.45, 7) is 6.48. The van der Waals surface area contributed by atoms with Gasteiger partial charge in [-0.1, -0.05) is 289 Å². The van der Waals surface area contributed by atoms with E-state index >= 15 is 0 Å². The lowest BCUT2D eigenvalue weighted by molar-refractivity contribution is -0.167. The standard InChI is InChI=1S/C74H122O6/c1-4-7-10-13-16-19-21-23-25-27-29-30-31-32-33-34-35-36-37-38-39-40-41-42-43-44-45-47-48-50-52-55-58-61-64-67-73(76)79-70-71(69-78-72(75)66-63-60-57-54-18-15-12-9-6-3)80-74(77)68-65-62-59-56-53-51-49-46-28-26-24-22-20-17-14-11-8-5-2/h7,10,16,19-20,22-23,25-26,28-30,32-33,35-36,38-39,41-42,44-45,71H,4-6,8-9,11-15,17-18,21,24,27,31,34,37,40,43,46-70H2,1-3H3/b10-7-,19-16-,22-20-,25-23-,28-26-,30-29-,33-32-,36-35-,39-38-,42-41-,45-44-. The van der Waals surface area contributed by atoms with Crippen molar-refractivity contribution < 1.29 is 28.6 Å². The fourth-order valence-electron chi connectivity index (χ4n) is 8.94. The van der Waals surface area contributed by atoms with E-state index in [1.807, 2.05) is 0 Å². The van der Waals surface area contributed by atoms with Gasteiger partial charge in [0.2, 0.25) is 0 Å². The van der Waals surface area contributed by atoms with Crippen LogP contribution in [0.4, 0.5) is 0 Å². The van der Waals surface area contributed by atoms with Crippen molar-refractivity contribution in [2.75, 3.05) is 13.2 Å². The predicted molar refractivity (Wildman–Crippen MR) is 348 cm³/mol. The largest absolute Gasteiger partial charge is 0.462 e. The van der Waals surface area contributed by atoms with Crippen LogP contribution in [0.1, 0.15) is 297 Å². The number of unbranched alkanes of at least 4 members (excludes halogenated alkanes) is 26. The zero-order chi connectivity index (χ0) is 57.8. The Balaban J connectivity index is 4.22. The molecular formula is C74H122O6. The lowest BCUT2D eigenvalue weighted by atomic mass is 10.1. The Morgan fingerprint density at radius 2 is 0.487 bits per heavy atom. The molecule has 0 aromatic heterocycles. The van der Waals surface area contributed by atoms with Crippen LogP contribution >= 0.6 is 0 Å². The molecule has 0 aliphatic carbocycles. The molecule has 1 atom stereocenters. The number of rotatable bonds is 59. The molecule has 0 aromatic carbocycles. The van der Waals surface area contributed by atoms with Crippen molar-refractivity contribution in [3.05, 3.63) is 134 Å². The summed E-state index contributed by atoms with van der Waals surface area (Å²) < 4.78 is 16.9. The average molecular weight is 1110 g/mol. The van der Waals surface area contributed by atoms with Crippen molar-refractivity contribution in [3.8, 4) is 0 Å². The van der Waals surface area contributed by atoms with Crippen molar-refractivity contribution in [3.63, 3.8) is 0 Å². The highest BCUT2D eigenvalue weighted by molar-refractivity contribution is 5.71. The number of hydrogen-bond acceptors (Lipinski definition) is 6. The lowest BCUT2D eigenvalue weighted by Crippen LogP contribution is -2.30. The van der Waals surface area contributed by atoms with Crippen molar-refractivity contribution in [1.82, 2.24) is 0 Å². The van der Waals surface area contributed by atoms with Crippen LogP contribution in [0.15, 0.2) is 134 Å². The number of carbonyl (C=O) groups is 3.